The van der Waals surface area contributed by atoms with Gasteiger partial charge < -0.3 is 0 Å². The molecule has 0 aliphatic carbocycles. The number of amides is 2. The van der Waals surface area contributed by atoms with Gasteiger partial charge in [-0.2, -0.15) is 4.31 Å². The van der Waals surface area contributed by atoms with Gasteiger partial charge in [0.1, 0.15) is 11.7 Å². The van der Waals surface area contributed by atoms with Crippen molar-refractivity contribution in [1.82, 2.24) is 20.1 Å². The van der Waals surface area contributed by atoms with Crippen LogP contribution in [0.3, 0.4) is 0 Å². The third-order valence-corrected chi connectivity index (χ3v) is 6.82. The zero-order chi connectivity index (χ0) is 20.1. The lowest BCUT2D eigenvalue weighted by Gasteiger charge is -2.33. The molecule has 0 saturated carbocycles. The molecular formula is C18H19BrN4O4S. The van der Waals surface area contributed by atoms with E-state index in [4.69, 9.17) is 0 Å². The van der Waals surface area contributed by atoms with Crippen LogP contribution in [0.1, 0.15) is 29.8 Å². The van der Waals surface area contributed by atoms with Crippen molar-refractivity contribution in [2.75, 3.05) is 6.54 Å². The van der Waals surface area contributed by atoms with Crippen LogP contribution in [0.15, 0.2) is 58.0 Å². The molecule has 10 heteroatoms. The number of hydrogen-bond acceptors (Lipinski definition) is 5. The number of nitrogens with one attached hydrogen (secondary N) is 2. The molecule has 0 radical (unpaired) electrons. The SMILES string of the molecule is O=C(NNC(=O)[C@@H]1CCCCN1S(=O)(=O)c1ccc(Br)cc1)c1ccccn1. The molecule has 148 valence electrons. The predicted octanol–water partition coefficient (Wildman–Crippen LogP) is 1.85. The molecule has 2 heterocycles. The second-order valence-corrected chi connectivity index (χ2v) is 9.05. The largest absolute Gasteiger partial charge is 0.288 e. The summed E-state index contributed by atoms with van der Waals surface area (Å²) in [6.07, 6.45) is 3.23. The maximum Gasteiger partial charge on any atom is 0.288 e. The molecule has 1 saturated heterocycles. The third-order valence-electron chi connectivity index (χ3n) is 4.37. The molecule has 2 amide bonds. The zero-order valence-electron chi connectivity index (χ0n) is 14.8. The fourth-order valence-corrected chi connectivity index (χ4v) is 4.88. The van der Waals surface area contributed by atoms with Crippen LogP contribution in [-0.4, -0.2) is 42.1 Å². The van der Waals surface area contributed by atoms with E-state index >= 15 is 0 Å². The van der Waals surface area contributed by atoms with Crippen molar-refractivity contribution >= 4 is 37.8 Å². The number of carbonyl (C=O) groups is 2. The summed E-state index contributed by atoms with van der Waals surface area (Å²) in [5.74, 6) is -1.16. The highest BCUT2D eigenvalue weighted by molar-refractivity contribution is 9.10. The van der Waals surface area contributed by atoms with Crippen LogP contribution < -0.4 is 10.9 Å². The van der Waals surface area contributed by atoms with E-state index in [1.807, 2.05) is 0 Å². The normalized spacial score (nSPS) is 17.7. The van der Waals surface area contributed by atoms with Gasteiger partial charge >= 0.3 is 0 Å². The van der Waals surface area contributed by atoms with E-state index in [-0.39, 0.29) is 17.1 Å². The number of aromatic nitrogens is 1. The Bertz CT molecular complexity index is 951. The molecule has 1 fully saturated rings. The first kappa shape index (κ1) is 20.4. The average molecular weight is 467 g/mol. The molecule has 28 heavy (non-hydrogen) atoms. The minimum Gasteiger partial charge on any atom is -0.271 e. The summed E-state index contributed by atoms with van der Waals surface area (Å²) in [4.78, 5) is 28.7. The highest BCUT2D eigenvalue weighted by Crippen LogP contribution is 2.26. The first-order chi connectivity index (χ1) is 13.4. The highest BCUT2D eigenvalue weighted by Gasteiger charge is 2.37. The van der Waals surface area contributed by atoms with Crippen molar-refractivity contribution in [2.24, 2.45) is 0 Å². The molecule has 2 aromatic rings. The number of piperidine rings is 1. The zero-order valence-corrected chi connectivity index (χ0v) is 17.2. The lowest BCUT2D eigenvalue weighted by atomic mass is 10.0. The number of nitrogens with zero attached hydrogens (tertiary/aromatic N) is 2. The molecule has 1 aromatic carbocycles. The van der Waals surface area contributed by atoms with E-state index in [1.54, 1.807) is 24.3 Å². The van der Waals surface area contributed by atoms with Gasteiger partial charge in [0.2, 0.25) is 10.0 Å². The number of benzene rings is 1. The Kier molecular flexibility index (Phi) is 6.42. The van der Waals surface area contributed by atoms with E-state index in [0.29, 0.717) is 12.8 Å². The van der Waals surface area contributed by atoms with Crippen LogP contribution in [-0.2, 0) is 14.8 Å². The van der Waals surface area contributed by atoms with Crippen molar-refractivity contribution in [1.29, 1.82) is 0 Å². The molecular weight excluding hydrogens is 448 g/mol. The highest BCUT2D eigenvalue weighted by atomic mass is 79.9. The number of rotatable bonds is 4. The summed E-state index contributed by atoms with van der Waals surface area (Å²) in [6, 6.07) is 10.2. The summed E-state index contributed by atoms with van der Waals surface area (Å²) in [6.45, 7) is 0.241. The fraction of sp³-hybridized carbons (Fsp3) is 0.278. The van der Waals surface area contributed by atoms with E-state index < -0.39 is 27.9 Å². The second-order valence-electron chi connectivity index (χ2n) is 6.24. The van der Waals surface area contributed by atoms with Crippen molar-refractivity contribution in [2.45, 2.75) is 30.2 Å². The Hall–Kier alpha value is -2.30. The van der Waals surface area contributed by atoms with Crippen LogP contribution >= 0.6 is 15.9 Å². The Balaban J connectivity index is 1.72. The Labute approximate surface area is 171 Å². The number of halogens is 1. The summed E-state index contributed by atoms with van der Waals surface area (Å²) < 4.78 is 28.0. The smallest absolute Gasteiger partial charge is 0.271 e. The standard InChI is InChI=1S/C18H19BrN4O4S/c19-13-7-9-14(10-8-13)28(26,27)23-12-4-2-6-16(23)18(25)22-21-17(24)15-5-1-3-11-20-15/h1,3,5,7-11,16H,2,4,6,12H2,(H,21,24)(H,22,25)/t16-/m0/s1. The van der Waals surface area contributed by atoms with Crippen molar-refractivity contribution < 1.29 is 18.0 Å². The Morgan fingerprint density at radius 3 is 2.50 bits per heavy atom. The van der Waals surface area contributed by atoms with Crippen LogP contribution in [0.2, 0.25) is 0 Å². The second kappa shape index (κ2) is 8.80. The molecule has 2 N–H and O–H groups in total. The quantitative estimate of drug-likeness (QED) is 0.668. The number of hydrazine groups is 1. The molecule has 3 rings (SSSR count). The van der Waals surface area contributed by atoms with E-state index in [0.717, 1.165) is 10.9 Å². The molecule has 1 aliphatic rings. The Morgan fingerprint density at radius 1 is 1.07 bits per heavy atom. The Morgan fingerprint density at radius 2 is 1.82 bits per heavy atom. The molecule has 0 spiro atoms. The van der Waals surface area contributed by atoms with Gasteiger partial charge in [-0.05, 0) is 49.2 Å². The van der Waals surface area contributed by atoms with Gasteiger partial charge in [-0.3, -0.25) is 25.4 Å². The van der Waals surface area contributed by atoms with Gasteiger partial charge in [0.15, 0.2) is 0 Å². The molecule has 1 aromatic heterocycles. The first-order valence-electron chi connectivity index (χ1n) is 8.68. The number of sulfonamides is 1. The van der Waals surface area contributed by atoms with E-state index in [2.05, 4.69) is 31.8 Å². The lowest BCUT2D eigenvalue weighted by Crippen LogP contribution is -2.55. The van der Waals surface area contributed by atoms with Crippen LogP contribution in [0.25, 0.3) is 0 Å². The fourth-order valence-electron chi connectivity index (χ4n) is 2.96. The van der Waals surface area contributed by atoms with Crippen LogP contribution in [0.5, 0.6) is 0 Å². The van der Waals surface area contributed by atoms with E-state index in [1.165, 1.54) is 28.7 Å². The van der Waals surface area contributed by atoms with Crippen LogP contribution in [0.4, 0.5) is 0 Å². The monoisotopic (exact) mass is 466 g/mol. The molecule has 0 bridgehead atoms. The summed E-state index contributed by atoms with van der Waals surface area (Å²) in [7, 11) is -3.84. The molecule has 1 aliphatic heterocycles. The maximum atomic E-state index is 13.0. The number of carbonyl (C=O) groups excluding carboxylic acids is 2. The van der Waals surface area contributed by atoms with Gasteiger partial charge in [0.05, 0.1) is 4.90 Å². The summed E-state index contributed by atoms with van der Waals surface area (Å²) in [5, 5.41) is 0. The number of hydrogen-bond donors (Lipinski definition) is 2. The molecule has 1 atom stereocenters. The minimum absolute atomic E-state index is 0.118. The van der Waals surface area contributed by atoms with Gasteiger partial charge in [-0.25, -0.2) is 8.42 Å². The topological polar surface area (TPSA) is 108 Å². The molecule has 8 nitrogen and oxygen atoms in total. The van der Waals surface area contributed by atoms with Crippen LogP contribution in [0, 0.1) is 0 Å². The first-order valence-corrected chi connectivity index (χ1v) is 10.9. The van der Waals surface area contributed by atoms with Gasteiger partial charge in [-0.1, -0.05) is 28.4 Å². The van der Waals surface area contributed by atoms with Gasteiger partial charge in [0, 0.05) is 17.2 Å². The average Bonchev–Trinajstić information content (AvgIpc) is 2.72. The predicted molar refractivity (Wildman–Crippen MR) is 106 cm³/mol. The van der Waals surface area contributed by atoms with Gasteiger partial charge in [0.25, 0.3) is 11.8 Å². The van der Waals surface area contributed by atoms with Crippen molar-refractivity contribution in [3.8, 4) is 0 Å². The molecule has 0 unspecified atom stereocenters. The minimum atomic E-state index is -3.84. The lowest BCUT2D eigenvalue weighted by molar-refractivity contribution is -0.126. The maximum absolute atomic E-state index is 13.0. The summed E-state index contributed by atoms with van der Waals surface area (Å²) >= 11 is 3.28. The number of pyridine rings is 1. The van der Waals surface area contributed by atoms with Gasteiger partial charge in [-0.15, -0.1) is 0 Å². The van der Waals surface area contributed by atoms with Crippen molar-refractivity contribution in [3.63, 3.8) is 0 Å². The van der Waals surface area contributed by atoms with E-state index in [9.17, 15) is 18.0 Å². The third kappa shape index (κ3) is 4.57. The summed E-state index contributed by atoms with van der Waals surface area (Å²) in [5.41, 5.74) is 4.75. The van der Waals surface area contributed by atoms with Crippen molar-refractivity contribution in [3.05, 3.63) is 58.8 Å².